The van der Waals surface area contributed by atoms with Gasteiger partial charge in [-0.25, -0.2) is 0 Å². The molecule has 1 aliphatic carbocycles. The Morgan fingerprint density at radius 3 is 3.00 bits per heavy atom. The summed E-state index contributed by atoms with van der Waals surface area (Å²) < 4.78 is 0. The number of fused-ring (bicyclic) bond motifs is 1. The molecule has 0 unspecified atom stereocenters. The van der Waals surface area contributed by atoms with Gasteiger partial charge in [-0.15, -0.1) is 0 Å². The minimum absolute atomic E-state index is 0.0694. The van der Waals surface area contributed by atoms with E-state index in [1.807, 2.05) is 0 Å². The van der Waals surface area contributed by atoms with Gasteiger partial charge in [-0.3, -0.25) is 9.89 Å². The molecular formula is C7H10N2O. The average Bonchev–Trinajstić information content (AvgIpc) is 2.40. The van der Waals surface area contributed by atoms with Crippen LogP contribution in [0.5, 0.6) is 0 Å². The molecule has 3 heteroatoms. The van der Waals surface area contributed by atoms with Gasteiger partial charge in [0.2, 0.25) is 0 Å². The van der Waals surface area contributed by atoms with Gasteiger partial charge < -0.3 is 5.10 Å². The van der Waals surface area contributed by atoms with E-state index < -0.39 is 0 Å². The summed E-state index contributed by atoms with van der Waals surface area (Å²) in [5, 5.41) is 5.47. The van der Waals surface area contributed by atoms with Crippen molar-refractivity contribution in [2.75, 3.05) is 0 Å². The van der Waals surface area contributed by atoms with Crippen LogP contribution in [0, 0.1) is 0 Å². The van der Waals surface area contributed by atoms with Crippen LogP contribution in [0.1, 0.15) is 30.5 Å². The highest BCUT2D eigenvalue weighted by Gasteiger charge is 2.22. The number of H-pyrrole nitrogens is 2. The van der Waals surface area contributed by atoms with Crippen LogP contribution < -0.4 is 5.56 Å². The van der Waals surface area contributed by atoms with E-state index in [2.05, 4.69) is 17.1 Å². The van der Waals surface area contributed by atoms with Crippen molar-refractivity contribution in [3.05, 3.63) is 21.6 Å². The Morgan fingerprint density at radius 1 is 1.50 bits per heavy atom. The van der Waals surface area contributed by atoms with Gasteiger partial charge in [0.25, 0.3) is 5.56 Å². The molecule has 0 saturated carbocycles. The molecule has 1 heterocycles. The lowest BCUT2D eigenvalue weighted by atomic mass is 10.1. The van der Waals surface area contributed by atoms with Crippen LogP contribution in [0.25, 0.3) is 0 Å². The first-order valence-corrected chi connectivity index (χ1v) is 3.58. The standard InChI is InChI=1S/C7H10N2O/c1-4-2-3-5-6(4)7(10)9-8-5/h4H,2-3H2,1H3,(H2,8,9,10)/t4-/m1/s1. The lowest BCUT2D eigenvalue weighted by molar-refractivity contribution is 0.728. The Morgan fingerprint density at radius 2 is 2.30 bits per heavy atom. The van der Waals surface area contributed by atoms with E-state index in [1.165, 1.54) is 0 Å². The maximum absolute atomic E-state index is 11.0. The van der Waals surface area contributed by atoms with Gasteiger partial charge >= 0.3 is 0 Å². The second-order valence-corrected chi connectivity index (χ2v) is 2.91. The Bertz CT molecular complexity index is 297. The van der Waals surface area contributed by atoms with Gasteiger partial charge in [0.15, 0.2) is 0 Å². The van der Waals surface area contributed by atoms with Gasteiger partial charge in [-0.1, -0.05) is 6.92 Å². The third kappa shape index (κ3) is 0.574. The van der Waals surface area contributed by atoms with Gasteiger partial charge in [0.1, 0.15) is 0 Å². The second kappa shape index (κ2) is 1.75. The summed E-state index contributed by atoms with van der Waals surface area (Å²) in [4.78, 5) is 11.0. The van der Waals surface area contributed by atoms with Crippen LogP contribution in [0.15, 0.2) is 4.79 Å². The number of nitrogens with one attached hydrogen (secondary N) is 2. The van der Waals surface area contributed by atoms with Crippen LogP contribution in [0.4, 0.5) is 0 Å². The molecule has 2 rings (SSSR count). The second-order valence-electron chi connectivity index (χ2n) is 2.91. The molecule has 1 aromatic heterocycles. The van der Waals surface area contributed by atoms with Gasteiger partial charge in [-0.2, -0.15) is 0 Å². The molecule has 0 bridgehead atoms. The molecule has 0 aliphatic heterocycles. The molecule has 0 spiro atoms. The summed E-state index contributed by atoms with van der Waals surface area (Å²) in [6, 6.07) is 0. The first-order valence-electron chi connectivity index (χ1n) is 3.58. The van der Waals surface area contributed by atoms with E-state index in [9.17, 15) is 4.79 Å². The number of hydrogen-bond acceptors (Lipinski definition) is 1. The fourth-order valence-corrected chi connectivity index (χ4v) is 1.63. The normalized spacial score (nSPS) is 23.1. The highest BCUT2D eigenvalue weighted by molar-refractivity contribution is 5.25. The molecule has 0 amide bonds. The third-order valence-corrected chi connectivity index (χ3v) is 2.22. The summed E-state index contributed by atoms with van der Waals surface area (Å²) in [6.45, 7) is 2.09. The number of rotatable bonds is 0. The van der Waals surface area contributed by atoms with Crippen molar-refractivity contribution in [2.45, 2.75) is 25.7 Å². The molecule has 2 N–H and O–H groups in total. The van der Waals surface area contributed by atoms with Crippen molar-refractivity contribution in [2.24, 2.45) is 0 Å². The van der Waals surface area contributed by atoms with Gasteiger partial charge in [-0.05, 0) is 18.8 Å². The van der Waals surface area contributed by atoms with Crippen LogP contribution >= 0.6 is 0 Å². The minimum Gasteiger partial charge on any atom is -0.302 e. The first kappa shape index (κ1) is 5.77. The lowest BCUT2D eigenvalue weighted by Crippen LogP contribution is -2.06. The predicted octanol–water partition coefficient (Wildman–Crippen LogP) is 0.753. The molecule has 1 aromatic rings. The molecule has 0 fully saturated rings. The predicted molar refractivity (Wildman–Crippen MR) is 38.1 cm³/mol. The smallest absolute Gasteiger partial charge is 0.267 e. The SMILES string of the molecule is C[C@@H]1CCc2[nH][nH]c(=O)c21. The van der Waals surface area contributed by atoms with E-state index in [4.69, 9.17) is 0 Å². The zero-order valence-electron chi connectivity index (χ0n) is 5.90. The van der Waals surface area contributed by atoms with E-state index in [-0.39, 0.29) is 5.56 Å². The molecule has 1 atom stereocenters. The Balaban J connectivity index is 2.65. The van der Waals surface area contributed by atoms with E-state index in [0.717, 1.165) is 24.1 Å². The van der Waals surface area contributed by atoms with Crippen molar-refractivity contribution < 1.29 is 0 Å². The van der Waals surface area contributed by atoms with Crippen LogP contribution in [0.2, 0.25) is 0 Å². The minimum atomic E-state index is 0.0694. The van der Waals surface area contributed by atoms with Crippen molar-refractivity contribution in [1.29, 1.82) is 0 Å². The van der Waals surface area contributed by atoms with Crippen molar-refractivity contribution in [1.82, 2.24) is 10.2 Å². The number of aromatic amines is 2. The zero-order valence-corrected chi connectivity index (χ0v) is 5.90. The van der Waals surface area contributed by atoms with Crippen LogP contribution in [-0.2, 0) is 6.42 Å². The summed E-state index contributed by atoms with van der Waals surface area (Å²) in [7, 11) is 0. The average molecular weight is 138 g/mol. The highest BCUT2D eigenvalue weighted by Crippen LogP contribution is 2.27. The Kier molecular flexibility index (Phi) is 1.01. The van der Waals surface area contributed by atoms with Gasteiger partial charge in [0.05, 0.1) is 0 Å². The maximum atomic E-state index is 11.0. The summed E-state index contributed by atoms with van der Waals surface area (Å²) in [5.74, 6) is 0.449. The number of hydrogen-bond donors (Lipinski definition) is 2. The van der Waals surface area contributed by atoms with Crippen molar-refractivity contribution in [3.8, 4) is 0 Å². The summed E-state index contributed by atoms with van der Waals surface area (Å²) in [5.41, 5.74) is 2.15. The molecule has 10 heavy (non-hydrogen) atoms. The summed E-state index contributed by atoms with van der Waals surface area (Å²) >= 11 is 0. The molecular weight excluding hydrogens is 128 g/mol. The molecule has 1 aliphatic rings. The quantitative estimate of drug-likeness (QED) is 0.546. The molecule has 0 radical (unpaired) electrons. The lowest BCUT2D eigenvalue weighted by Gasteiger charge is -1.94. The molecule has 54 valence electrons. The summed E-state index contributed by atoms with van der Waals surface area (Å²) in [6.07, 6.45) is 2.14. The van der Waals surface area contributed by atoms with Crippen molar-refractivity contribution >= 4 is 0 Å². The largest absolute Gasteiger partial charge is 0.302 e. The van der Waals surface area contributed by atoms with Crippen LogP contribution in [0.3, 0.4) is 0 Å². The fraction of sp³-hybridized carbons (Fsp3) is 0.571. The maximum Gasteiger partial charge on any atom is 0.267 e. The van der Waals surface area contributed by atoms with E-state index >= 15 is 0 Å². The molecule has 3 nitrogen and oxygen atoms in total. The monoisotopic (exact) mass is 138 g/mol. The first-order chi connectivity index (χ1) is 4.79. The third-order valence-electron chi connectivity index (χ3n) is 2.22. The highest BCUT2D eigenvalue weighted by atomic mass is 16.1. The topological polar surface area (TPSA) is 48.6 Å². The Labute approximate surface area is 58.4 Å². The van der Waals surface area contributed by atoms with Gasteiger partial charge in [0, 0.05) is 11.3 Å². The molecule has 0 aromatic carbocycles. The van der Waals surface area contributed by atoms with Crippen LogP contribution in [-0.4, -0.2) is 10.2 Å². The fourth-order valence-electron chi connectivity index (χ4n) is 1.63. The van der Waals surface area contributed by atoms with Crippen molar-refractivity contribution in [3.63, 3.8) is 0 Å². The Hall–Kier alpha value is -0.990. The zero-order chi connectivity index (χ0) is 7.14. The molecule has 0 saturated heterocycles. The number of aryl methyl sites for hydroxylation is 1. The van der Waals surface area contributed by atoms with E-state index in [0.29, 0.717) is 5.92 Å². The van der Waals surface area contributed by atoms with E-state index in [1.54, 1.807) is 0 Å². The number of aromatic nitrogens is 2.